The van der Waals surface area contributed by atoms with Crippen LogP contribution in [0.2, 0.25) is 0 Å². The summed E-state index contributed by atoms with van der Waals surface area (Å²) in [6, 6.07) is 5.88. The highest BCUT2D eigenvalue weighted by Crippen LogP contribution is 2.33. The largest absolute Gasteiger partial charge is 0.364 e. The predicted octanol–water partition coefficient (Wildman–Crippen LogP) is 2.56. The van der Waals surface area contributed by atoms with Crippen molar-refractivity contribution in [1.82, 2.24) is 0 Å². The zero-order valence-electron chi connectivity index (χ0n) is 6.87. The summed E-state index contributed by atoms with van der Waals surface area (Å²) in [6.45, 7) is 0.595. The molecule has 1 aliphatic heterocycles. The fourth-order valence-electron chi connectivity index (χ4n) is 1.24. The molecule has 1 unspecified atom stereocenters. The quantitative estimate of drug-likeness (QED) is 0.778. The van der Waals surface area contributed by atoms with E-state index in [1.807, 2.05) is 18.2 Å². The van der Waals surface area contributed by atoms with E-state index in [4.69, 9.17) is 4.74 Å². The molecule has 0 spiro atoms. The first-order valence-corrected chi connectivity index (χ1v) is 5.77. The zero-order valence-corrected chi connectivity index (χ0v) is 9.27. The van der Waals surface area contributed by atoms with Crippen LogP contribution in [0.25, 0.3) is 0 Å². The van der Waals surface area contributed by atoms with E-state index in [-0.39, 0.29) is 0 Å². The second-order valence-electron chi connectivity index (χ2n) is 2.75. The van der Waals surface area contributed by atoms with E-state index in [0.29, 0.717) is 6.61 Å². The summed E-state index contributed by atoms with van der Waals surface area (Å²) in [4.78, 5) is 1.10. The van der Waals surface area contributed by atoms with Crippen LogP contribution in [0.15, 0.2) is 27.6 Å². The first-order chi connectivity index (χ1) is 6.27. The van der Waals surface area contributed by atoms with Crippen molar-refractivity contribution in [2.24, 2.45) is 0 Å². The second-order valence-corrected chi connectivity index (χ2v) is 4.81. The molecule has 1 N–H and O–H groups in total. The molecule has 1 aromatic carbocycles. The van der Waals surface area contributed by atoms with Gasteiger partial charge in [-0.25, -0.2) is 0 Å². The highest BCUT2D eigenvalue weighted by atomic mass is 79.9. The average molecular weight is 261 g/mol. The van der Waals surface area contributed by atoms with Gasteiger partial charge in [-0.1, -0.05) is 15.9 Å². The Morgan fingerprint density at radius 3 is 3.23 bits per heavy atom. The van der Waals surface area contributed by atoms with Crippen molar-refractivity contribution >= 4 is 27.7 Å². The third-order valence-electron chi connectivity index (χ3n) is 1.85. The van der Waals surface area contributed by atoms with E-state index >= 15 is 0 Å². The molecule has 0 bridgehead atoms. The van der Waals surface area contributed by atoms with Crippen LogP contribution in [-0.2, 0) is 4.74 Å². The molecule has 0 saturated carbocycles. The molecule has 13 heavy (non-hydrogen) atoms. The molecule has 4 heteroatoms. The van der Waals surface area contributed by atoms with E-state index in [9.17, 15) is 5.11 Å². The fourth-order valence-corrected chi connectivity index (χ4v) is 2.51. The van der Waals surface area contributed by atoms with Gasteiger partial charge >= 0.3 is 0 Å². The molecule has 1 heterocycles. The summed E-state index contributed by atoms with van der Waals surface area (Å²) < 4.78 is 6.17. The first kappa shape index (κ1) is 9.52. The molecule has 0 aliphatic carbocycles. The van der Waals surface area contributed by atoms with Gasteiger partial charge in [0.25, 0.3) is 0 Å². The number of aliphatic hydroxyl groups is 1. The molecule has 0 aromatic heterocycles. The lowest BCUT2D eigenvalue weighted by atomic mass is 10.2. The molecular weight excluding hydrogens is 252 g/mol. The summed E-state index contributed by atoms with van der Waals surface area (Å²) in [7, 11) is 0. The van der Waals surface area contributed by atoms with Crippen molar-refractivity contribution < 1.29 is 9.84 Å². The first-order valence-electron chi connectivity index (χ1n) is 3.99. The van der Waals surface area contributed by atoms with Gasteiger partial charge in [0.15, 0.2) is 6.29 Å². The fraction of sp³-hybridized carbons (Fsp3) is 0.333. The molecule has 0 saturated heterocycles. The van der Waals surface area contributed by atoms with Gasteiger partial charge in [0.1, 0.15) is 0 Å². The van der Waals surface area contributed by atoms with E-state index in [0.717, 1.165) is 20.7 Å². The lowest BCUT2D eigenvalue weighted by Crippen LogP contribution is -2.03. The highest BCUT2D eigenvalue weighted by Gasteiger charge is 2.16. The van der Waals surface area contributed by atoms with Crippen molar-refractivity contribution in [2.45, 2.75) is 11.2 Å². The topological polar surface area (TPSA) is 29.5 Å². The van der Waals surface area contributed by atoms with Crippen LogP contribution in [0.1, 0.15) is 11.9 Å². The molecule has 0 amide bonds. The Morgan fingerprint density at radius 1 is 1.54 bits per heavy atom. The molecule has 2 rings (SSSR count). The Morgan fingerprint density at radius 2 is 2.38 bits per heavy atom. The molecular formula is C9H9BrO2S. The van der Waals surface area contributed by atoms with Crippen LogP contribution >= 0.6 is 27.7 Å². The van der Waals surface area contributed by atoms with E-state index < -0.39 is 6.29 Å². The Hall–Kier alpha value is -0.0300. The van der Waals surface area contributed by atoms with Gasteiger partial charge in [0, 0.05) is 20.7 Å². The lowest BCUT2D eigenvalue weighted by molar-refractivity contribution is -0.0974. The normalized spacial score (nSPS) is 22.2. The number of ether oxygens (including phenoxy) is 1. The molecule has 2 nitrogen and oxygen atoms in total. The van der Waals surface area contributed by atoms with Gasteiger partial charge in [0.2, 0.25) is 0 Å². The Bertz CT molecular complexity index is 316. The van der Waals surface area contributed by atoms with E-state index in [1.165, 1.54) is 0 Å². The Balaban J connectivity index is 2.43. The van der Waals surface area contributed by atoms with Gasteiger partial charge in [-0.05, 0) is 18.2 Å². The summed E-state index contributed by atoms with van der Waals surface area (Å²) >= 11 is 5.08. The molecule has 1 atom stereocenters. The Labute approximate surface area is 89.4 Å². The van der Waals surface area contributed by atoms with Crippen molar-refractivity contribution in [1.29, 1.82) is 0 Å². The van der Waals surface area contributed by atoms with Gasteiger partial charge in [-0.15, -0.1) is 11.8 Å². The Kier molecular flexibility index (Phi) is 2.93. The molecule has 0 fully saturated rings. The van der Waals surface area contributed by atoms with E-state index in [1.54, 1.807) is 11.8 Å². The minimum absolute atomic E-state index is 0.595. The summed E-state index contributed by atoms with van der Waals surface area (Å²) in [5.41, 5.74) is 0.858. The maximum absolute atomic E-state index is 9.61. The molecule has 0 radical (unpaired) electrons. The van der Waals surface area contributed by atoms with Crippen LogP contribution in [-0.4, -0.2) is 17.5 Å². The van der Waals surface area contributed by atoms with Crippen LogP contribution < -0.4 is 0 Å². The van der Waals surface area contributed by atoms with Gasteiger partial charge in [-0.2, -0.15) is 0 Å². The predicted molar refractivity (Wildman–Crippen MR) is 55.8 cm³/mol. The molecule has 1 aliphatic rings. The monoisotopic (exact) mass is 260 g/mol. The van der Waals surface area contributed by atoms with Crippen LogP contribution in [0.3, 0.4) is 0 Å². The SMILES string of the molecule is OC1OCCSc2ccc(Br)cc21. The number of benzene rings is 1. The standard InChI is InChI=1S/C9H9BrO2S/c10-6-1-2-8-7(5-6)9(11)12-3-4-13-8/h1-2,5,9,11H,3-4H2. The maximum Gasteiger partial charge on any atom is 0.182 e. The minimum Gasteiger partial charge on any atom is -0.364 e. The number of hydrogen-bond acceptors (Lipinski definition) is 3. The minimum atomic E-state index is -0.775. The van der Waals surface area contributed by atoms with Gasteiger partial charge < -0.3 is 9.84 Å². The molecule has 70 valence electrons. The van der Waals surface area contributed by atoms with Crippen LogP contribution in [0, 0.1) is 0 Å². The van der Waals surface area contributed by atoms with Crippen molar-refractivity contribution in [3.8, 4) is 0 Å². The van der Waals surface area contributed by atoms with Gasteiger partial charge in [-0.3, -0.25) is 0 Å². The maximum atomic E-state index is 9.61. The third-order valence-corrected chi connectivity index (χ3v) is 3.40. The highest BCUT2D eigenvalue weighted by molar-refractivity contribution is 9.10. The van der Waals surface area contributed by atoms with Crippen LogP contribution in [0.5, 0.6) is 0 Å². The van der Waals surface area contributed by atoms with Crippen molar-refractivity contribution in [2.75, 3.05) is 12.4 Å². The summed E-state index contributed by atoms with van der Waals surface area (Å²) in [5, 5.41) is 9.61. The van der Waals surface area contributed by atoms with E-state index in [2.05, 4.69) is 15.9 Å². The smallest absolute Gasteiger partial charge is 0.182 e. The summed E-state index contributed by atoms with van der Waals surface area (Å²) in [5.74, 6) is 0.895. The van der Waals surface area contributed by atoms with Crippen molar-refractivity contribution in [3.63, 3.8) is 0 Å². The second kappa shape index (κ2) is 4.00. The average Bonchev–Trinajstić information content (AvgIpc) is 2.29. The van der Waals surface area contributed by atoms with Gasteiger partial charge in [0.05, 0.1) is 6.61 Å². The number of rotatable bonds is 0. The lowest BCUT2D eigenvalue weighted by Gasteiger charge is -2.10. The number of thioether (sulfide) groups is 1. The summed E-state index contributed by atoms with van der Waals surface area (Å²) in [6.07, 6.45) is -0.775. The van der Waals surface area contributed by atoms with Crippen LogP contribution in [0.4, 0.5) is 0 Å². The number of hydrogen-bond donors (Lipinski definition) is 1. The zero-order chi connectivity index (χ0) is 9.26. The van der Waals surface area contributed by atoms with Crippen molar-refractivity contribution in [3.05, 3.63) is 28.2 Å². The number of aliphatic hydroxyl groups excluding tert-OH is 1. The number of fused-ring (bicyclic) bond motifs is 1. The third kappa shape index (κ3) is 2.07. The number of halogens is 1. The molecule has 1 aromatic rings.